The van der Waals surface area contributed by atoms with Crippen molar-refractivity contribution in [2.45, 2.75) is 180 Å². The summed E-state index contributed by atoms with van der Waals surface area (Å²) in [6, 6.07) is 0. The van der Waals surface area contributed by atoms with Crippen LogP contribution in [0.25, 0.3) is 0 Å². The van der Waals surface area contributed by atoms with Gasteiger partial charge in [-0.3, -0.25) is 0 Å². The van der Waals surface area contributed by atoms with Crippen LogP contribution in [0, 0.1) is 0 Å². The molecule has 4 heteroatoms. The second kappa shape index (κ2) is 31.7. The van der Waals surface area contributed by atoms with Gasteiger partial charge in [-0.1, -0.05) is 162 Å². The van der Waals surface area contributed by atoms with Crippen molar-refractivity contribution in [3.05, 3.63) is 0 Å². The van der Waals surface area contributed by atoms with Crippen LogP contribution in [-0.2, 0) is 9.53 Å². The molecule has 0 aromatic rings. The summed E-state index contributed by atoms with van der Waals surface area (Å²) in [7, 11) is 0. The molecule has 0 amide bonds. The number of hydrogen-bond donors (Lipinski definition) is 1. The first-order chi connectivity index (χ1) is 16.2. The molecule has 0 spiro atoms. The van der Waals surface area contributed by atoms with E-state index in [1.54, 1.807) is 0 Å². The molecule has 0 bridgehead atoms. The third-order valence-electron chi connectivity index (χ3n) is 6.85. The van der Waals surface area contributed by atoms with Gasteiger partial charge in [0.25, 0.3) is 0 Å². The number of carbonyl (C=O) groups is 1. The Balaban J connectivity index is 0. The normalized spacial score (nSPS) is 11.9. The standard InChI is InChI=1S/C30H60O3.Ca/c1-3-5-7-9-11-13-15-16-17-18-19-21-23-25-27-29(31)30(32)33-28-26-24-22-20-14-12-10-8-6-4-2;/h29,31H,3-28H2,1-2H3;. The van der Waals surface area contributed by atoms with Crippen molar-refractivity contribution in [3.63, 3.8) is 0 Å². The van der Waals surface area contributed by atoms with Crippen LogP contribution in [0.4, 0.5) is 0 Å². The molecule has 1 unspecified atom stereocenters. The van der Waals surface area contributed by atoms with Gasteiger partial charge in [-0.05, 0) is 12.8 Å². The van der Waals surface area contributed by atoms with Crippen LogP contribution in [0.3, 0.4) is 0 Å². The number of ether oxygens (including phenoxy) is 1. The van der Waals surface area contributed by atoms with Crippen LogP contribution in [0.2, 0.25) is 0 Å². The van der Waals surface area contributed by atoms with Gasteiger partial charge in [-0.15, -0.1) is 0 Å². The molecule has 3 nitrogen and oxygen atoms in total. The third-order valence-corrected chi connectivity index (χ3v) is 6.85. The van der Waals surface area contributed by atoms with Crippen LogP contribution >= 0.6 is 0 Å². The number of aliphatic hydroxyl groups is 1. The molecule has 0 fully saturated rings. The second-order valence-corrected chi connectivity index (χ2v) is 10.3. The van der Waals surface area contributed by atoms with Gasteiger partial charge in [-0.2, -0.15) is 0 Å². The molecule has 0 aliphatic carbocycles. The summed E-state index contributed by atoms with van der Waals surface area (Å²) in [4.78, 5) is 11.9. The van der Waals surface area contributed by atoms with Gasteiger partial charge in [0.05, 0.1) is 6.61 Å². The first kappa shape index (κ1) is 36.8. The van der Waals surface area contributed by atoms with E-state index in [2.05, 4.69) is 13.8 Å². The van der Waals surface area contributed by atoms with E-state index in [1.807, 2.05) is 0 Å². The van der Waals surface area contributed by atoms with Crippen molar-refractivity contribution >= 4 is 43.7 Å². The Morgan fingerprint density at radius 2 is 0.824 bits per heavy atom. The number of carbonyl (C=O) groups excluding carboxylic acids is 1. The molecule has 1 N–H and O–H groups in total. The molecular weight excluding hydrogens is 448 g/mol. The van der Waals surface area contributed by atoms with Crippen LogP contribution in [0.5, 0.6) is 0 Å². The Hall–Kier alpha value is 0.690. The largest absolute Gasteiger partial charge is 0.464 e. The minimum absolute atomic E-state index is 0. The Morgan fingerprint density at radius 1 is 0.529 bits per heavy atom. The van der Waals surface area contributed by atoms with Crippen LogP contribution in [0.15, 0.2) is 0 Å². The Labute approximate surface area is 244 Å². The van der Waals surface area contributed by atoms with E-state index >= 15 is 0 Å². The molecule has 2 radical (unpaired) electrons. The predicted molar refractivity (Wildman–Crippen MR) is 149 cm³/mol. The molecule has 1 atom stereocenters. The van der Waals surface area contributed by atoms with Crippen LogP contribution in [0.1, 0.15) is 174 Å². The van der Waals surface area contributed by atoms with E-state index in [0.717, 1.165) is 25.7 Å². The number of hydrogen-bond acceptors (Lipinski definition) is 3. The summed E-state index contributed by atoms with van der Waals surface area (Å²) in [6.45, 7) is 4.99. The fourth-order valence-corrected chi connectivity index (χ4v) is 4.51. The fraction of sp³-hybridized carbons (Fsp3) is 0.967. The van der Waals surface area contributed by atoms with Crippen molar-refractivity contribution < 1.29 is 14.6 Å². The molecule has 200 valence electrons. The monoisotopic (exact) mass is 508 g/mol. The van der Waals surface area contributed by atoms with Gasteiger partial charge >= 0.3 is 5.97 Å². The number of aliphatic hydroxyl groups excluding tert-OH is 1. The number of rotatable bonds is 27. The first-order valence-corrected chi connectivity index (χ1v) is 15.1. The molecule has 0 aromatic carbocycles. The summed E-state index contributed by atoms with van der Waals surface area (Å²) in [6.07, 6.45) is 30.8. The Bertz CT molecular complexity index is 389. The van der Waals surface area contributed by atoms with E-state index in [1.165, 1.54) is 128 Å². The zero-order valence-corrected chi connectivity index (χ0v) is 25.6. The molecule has 0 saturated heterocycles. The quantitative estimate of drug-likeness (QED) is 0.0683. The van der Waals surface area contributed by atoms with Crippen LogP contribution in [-0.4, -0.2) is 61.5 Å². The van der Waals surface area contributed by atoms with E-state index in [9.17, 15) is 9.90 Å². The van der Waals surface area contributed by atoms with Gasteiger partial charge in [0.2, 0.25) is 0 Å². The van der Waals surface area contributed by atoms with Gasteiger partial charge in [0.15, 0.2) is 6.10 Å². The van der Waals surface area contributed by atoms with Crippen molar-refractivity contribution in [2.75, 3.05) is 6.61 Å². The molecule has 0 aromatic heterocycles. The van der Waals surface area contributed by atoms with E-state index in [4.69, 9.17) is 4.74 Å². The van der Waals surface area contributed by atoms with Gasteiger partial charge in [0.1, 0.15) is 0 Å². The minimum atomic E-state index is -0.926. The zero-order chi connectivity index (χ0) is 24.2. The molecular formula is C30H60CaO3. The smallest absolute Gasteiger partial charge is 0.334 e. The Morgan fingerprint density at radius 3 is 1.18 bits per heavy atom. The molecule has 34 heavy (non-hydrogen) atoms. The maximum Gasteiger partial charge on any atom is 0.334 e. The maximum absolute atomic E-state index is 11.9. The van der Waals surface area contributed by atoms with Gasteiger partial charge < -0.3 is 9.84 Å². The number of esters is 1. The fourth-order valence-electron chi connectivity index (χ4n) is 4.51. The third kappa shape index (κ3) is 28.9. The van der Waals surface area contributed by atoms with Crippen molar-refractivity contribution in [3.8, 4) is 0 Å². The summed E-state index contributed by atoms with van der Waals surface area (Å²) in [5, 5.41) is 10.00. The van der Waals surface area contributed by atoms with Crippen molar-refractivity contribution in [1.82, 2.24) is 0 Å². The predicted octanol–water partition coefficient (Wildman–Crippen LogP) is 9.30. The van der Waals surface area contributed by atoms with Crippen LogP contribution < -0.4 is 0 Å². The maximum atomic E-state index is 11.9. The summed E-state index contributed by atoms with van der Waals surface area (Å²) in [5.74, 6) is -0.416. The average molecular weight is 509 g/mol. The second-order valence-electron chi connectivity index (χ2n) is 10.3. The van der Waals surface area contributed by atoms with Gasteiger partial charge in [-0.25, -0.2) is 4.79 Å². The van der Waals surface area contributed by atoms with E-state index in [-0.39, 0.29) is 37.7 Å². The molecule has 0 heterocycles. The summed E-state index contributed by atoms with van der Waals surface area (Å²) in [5.41, 5.74) is 0. The summed E-state index contributed by atoms with van der Waals surface area (Å²) < 4.78 is 5.26. The van der Waals surface area contributed by atoms with E-state index < -0.39 is 12.1 Å². The number of unbranched alkanes of at least 4 members (excludes halogenated alkanes) is 22. The minimum Gasteiger partial charge on any atom is -0.464 e. The van der Waals surface area contributed by atoms with E-state index in [0.29, 0.717) is 13.0 Å². The molecule has 0 rings (SSSR count). The van der Waals surface area contributed by atoms with Crippen molar-refractivity contribution in [2.24, 2.45) is 0 Å². The average Bonchev–Trinajstić information content (AvgIpc) is 2.82. The summed E-state index contributed by atoms with van der Waals surface area (Å²) >= 11 is 0. The van der Waals surface area contributed by atoms with Gasteiger partial charge in [0, 0.05) is 37.7 Å². The van der Waals surface area contributed by atoms with Crippen molar-refractivity contribution in [1.29, 1.82) is 0 Å². The molecule has 0 aliphatic heterocycles. The molecule has 0 saturated carbocycles. The molecule has 0 aliphatic rings. The topological polar surface area (TPSA) is 46.5 Å². The Kier molecular flexibility index (Phi) is 34.4. The zero-order valence-electron chi connectivity index (χ0n) is 23.4. The SMILES string of the molecule is CCCCCCCCCCCCCCCCC(O)C(=O)OCCCCCCCCCCCC.[Ca]. The first-order valence-electron chi connectivity index (χ1n) is 15.1.